The molecule has 0 spiro atoms. The molecule has 3 aromatic carbocycles. The van der Waals surface area contributed by atoms with Crippen LogP contribution in [0.3, 0.4) is 0 Å². The second-order valence-electron chi connectivity index (χ2n) is 7.26. The quantitative estimate of drug-likeness (QED) is 0.396. The van der Waals surface area contributed by atoms with Crippen molar-refractivity contribution in [3.8, 4) is 5.75 Å². The minimum Gasteiger partial charge on any atom is -0.494 e. The summed E-state index contributed by atoms with van der Waals surface area (Å²) in [4.78, 5) is 4.90. The van der Waals surface area contributed by atoms with Crippen LogP contribution in [0.5, 0.6) is 5.75 Å². The highest BCUT2D eigenvalue weighted by Crippen LogP contribution is 2.43. The molecule has 2 atom stereocenters. The minimum atomic E-state index is 0.134. The lowest BCUT2D eigenvalue weighted by Gasteiger charge is -2.34. The third-order valence-corrected chi connectivity index (χ3v) is 6.05. The summed E-state index contributed by atoms with van der Waals surface area (Å²) in [6.07, 6.45) is 0.916. The van der Waals surface area contributed by atoms with Crippen LogP contribution in [0.25, 0.3) is 11.0 Å². The molecule has 29 heavy (non-hydrogen) atoms. The number of aromatic nitrogens is 2. The maximum atomic E-state index is 5.99. The van der Waals surface area contributed by atoms with Gasteiger partial charge in [-0.1, -0.05) is 58.4 Å². The lowest BCUT2D eigenvalue weighted by Crippen LogP contribution is -2.27. The topological polar surface area (TPSA) is 39.1 Å². The van der Waals surface area contributed by atoms with Gasteiger partial charge in [-0.3, -0.25) is 0 Å². The Labute approximate surface area is 178 Å². The summed E-state index contributed by atoms with van der Waals surface area (Å²) in [5, 5.41) is 3.67. The Kier molecular flexibility index (Phi) is 4.76. The van der Waals surface area contributed by atoms with Gasteiger partial charge in [-0.15, -0.1) is 0 Å². The molecule has 0 fully saturated rings. The van der Waals surface area contributed by atoms with Crippen molar-refractivity contribution in [3.63, 3.8) is 0 Å². The second-order valence-corrected chi connectivity index (χ2v) is 8.18. The smallest absolute Gasteiger partial charge is 0.204 e. The van der Waals surface area contributed by atoms with Crippen molar-refractivity contribution in [2.45, 2.75) is 25.4 Å². The zero-order valence-corrected chi connectivity index (χ0v) is 17.8. The van der Waals surface area contributed by atoms with Gasteiger partial charge in [0.05, 0.1) is 29.7 Å². The van der Waals surface area contributed by atoms with Gasteiger partial charge in [0, 0.05) is 10.0 Å². The number of rotatable bonds is 4. The number of nitrogens with one attached hydrogen (secondary N) is 1. The first kappa shape index (κ1) is 18.3. The number of fused-ring (bicyclic) bond motifs is 3. The Balaban J connectivity index is 1.67. The van der Waals surface area contributed by atoms with Crippen LogP contribution in [0.1, 0.15) is 36.6 Å². The molecule has 2 heterocycles. The molecule has 0 radical (unpaired) electrons. The van der Waals surface area contributed by atoms with E-state index in [1.165, 1.54) is 11.1 Å². The molecule has 0 aliphatic carbocycles. The van der Waals surface area contributed by atoms with E-state index < -0.39 is 0 Å². The predicted octanol–water partition coefficient (Wildman–Crippen LogP) is 6.34. The van der Waals surface area contributed by atoms with Crippen LogP contribution >= 0.6 is 15.9 Å². The largest absolute Gasteiger partial charge is 0.494 e. The summed E-state index contributed by atoms with van der Waals surface area (Å²) < 4.78 is 9.40. The van der Waals surface area contributed by atoms with E-state index in [1.807, 2.05) is 19.1 Å². The molecule has 1 N–H and O–H groups in total. The molecule has 146 valence electrons. The molecule has 1 aliphatic heterocycles. The van der Waals surface area contributed by atoms with Crippen LogP contribution in [0, 0.1) is 0 Å². The van der Waals surface area contributed by atoms with Gasteiger partial charge in [-0.05, 0) is 49.2 Å². The van der Waals surface area contributed by atoms with E-state index in [0.29, 0.717) is 6.61 Å². The van der Waals surface area contributed by atoms with Crippen molar-refractivity contribution in [2.24, 2.45) is 0 Å². The SMILES string of the molecule is CCOc1ccccc1[C@@H]1C[C@H](c2ccc(Br)cc2)Nc2nc3ccccc3n21. The molecule has 0 bridgehead atoms. The van der Waals surface area contributed by atoms with Crippen molar-refractivity contribution in [3.05, 3.63) is 88.4 Å². The van der Waals surface area contributed by atoms with Crippen LogP contribution < -0.4 is 10.1 Å². The predicted molar refractivity (Wildman–Crippen MR) is 121 cm³/mol. The second kappa shape index (κ2) is 7.56. The first-order chi connectivity index (χ1) is 14.2. The summed E-state index contributed by atoms with van der Waals surface area (Å²) in [6, 6.07) is 25.5. The van der Waals surface area contributed by atoms with E-state index >= 15 is 0 Å². The summed E-state index contributed by atoms with van der Waals surface area (Å²) >= 11 is 3.54. The highest BCUT2D eigenvalue weighted by Gasteiger charge is 2.32. The van der Waals surface area contributed by atoms with Crippen molar-refractivity contribution >= 4 is 32.9 Å². The van der Waals surface area contributed by atoms with Gasteiger partial charge in [0.15, 0.2) is 0 Å². The monoisotopic (exact) mass is 447 g/mol. The van der Waals surface area contributed by atoms with Crippen molar-refractivity contribution in [2.75, 3.05) is 11.9 Å². The standard InChI is InChI=1S/C24H22BrN3O/c1-2-29-23-10-6-3-7-18(23)22-15-20(16-11-13-17(25)14-12-16)27-24-26-19-8-4-5-9-21(19)28(22)24/h3-14,20,22H,2,15H2,1H3,(H,26,27)/t20-,22+/m1/s1. The average Bonchev–Trinajstić information content (AvgIpc) is 3.13. The van der Waals surface area contributed by atoms with E-state index in [0.717, 1.165) is 33.6 Å². The lowest BCUT2D eigenvalue weighted by atomic mass is 9.92. The molecule has 5 heteroatoms. The summed E-state index contributed by atoms with van der Waals surface area (Å²) in [5.41, 5.74) is 4.60. The number of hydrogen-bond acceptors (Lipinski definition) is 3. The van der Waals surface area contributed by atoms with Gasteiger partial charge in [0.1, 0.15) is 5.75 Å². The van der Waals surface area contributed by atoms with E-state index in [4.69, 9.17) is 9.72 Å². The number of imidazole rings is 1. The zero-order chi connectivity index (χ0) is 19.8. The summed E-state index contributed by atoms with van der Waals surface area (Å²) in [7, 11) is 0. The number of benzene rings is 3. The van der Waals surface area contributed by atoms with Gasteiger partial charge < -0.3 is 14.6 Å². The highest BCUT2D eigenvalue weighted by atomic mass is 79.9. The molecule has 0 saturated heterocycles. The van der Waals surface area contributed by atoms with Gasteiger partial charge >= 0.3 is 0 Å². The molecule has 4 nitrogen and oxygen atoms in total. The Bertz CT molecular complexity index is 1150. The number of nitrogens with zero attached hydrogens (tertiary/aromatic N) is 2. The Morgan fingerprint density at radius 2 is 1.79 bits per heavy atom. The van der Waals surface area contributed by atoms with Crippen LogP contribution in [-0.4, -0.2) is 16.2 Å². The Morgan fingerprint density at radius 1 is 1.03 bits per heavy atom. The molecule has 0 amide bonds. The third-order valence-electron chi connectivity index (χ3n) is 5.52. The van der Waals surface area contributed by atoms with Gasteiger partial charge in [0.2, 0.25) is 5.95 Å². The van der Waals surface area contributed by atoms with Crippen molar-refractivity contribution in [1.82, 2.24) is 9.55 Å². The van der Waals surface area contributed by atoms with Crippen LogP contribution in [0.4, 0.5) is 5.95 Å². The number of ether oxygens (including phenoxy) is 1. The van der Waals surface area contributed by atoms with E-state index in [2.05, 4.69) is 86.5 Å². The molecule has 1 aromatic heterocycles. The normalized spacial score (nSPS) is 18.3. The number of hydrogen-bond donors (Lipinski definition) is 1. The molecule has 4 aromatic rings. The fraction of sp³-hybridized carbons (Fsp3) is 0.208. The maximum Gasteiger partial charge on any atom is 0.204 e. The Hall–Kier alpha value is -2.79. The van der Waals surface area contributed by atoms with Crippen LogP contribution in [0.2, 0.25) is 0 Å². The molecular formula is C24H22BrN3O. The fourth-order valence-corrected chi connectivity index (χ4v) is 4.49. The molecule has 1 aliphatic rings. The van der Waals surface area contributed by atoms with E-state index in [9.17, 15) is 0 Å². The summed E-state index contributed by atoms with van der Waals surface area (Å²) in [6.45, 7) is 2.68. The van der Waals surface area contributed by atoms with Gasteiger partial charge in [0.25, 0.3) is 0 Å². The first-order valence-electron chi connectivity index (χ1n) is 9.95. The number of para-hydroxylation sites is 3. The van der Waals surface area contributed by atoms with E-state index in [1.54, 1.807) is 0 Å². The first-order valence-corrected chi connectivity index (χ1v) is 10.7. The molecular weight excluding hydrogens is 426 g/mol. The third kappa shape index (κ3) is 3.29. The maximum absolute atomic E-state index is 5.99. The van der Waals surface area contributed by atoms with E-state index in [-0.39, 0.29) is 12.1 Å². The molecule has 5 rings (SSSR count). The fourth-order valence-electron chi connectivity index (χ4n) is 4.23. The lowest BCUT2D eigenvalue weighted by molar-refractivity contribution is 0.329. The minimum absolute atomic E-state index is 0.134. The Morgan fingerprint density at radius 3 is 2.62 bits per heavy atom. The van der Waals surface area contributed by atoms with Crippen molar-refractivity contribution < 1.29 is 4.74 Å². The van der Waals surface area contributed by atoms with Crippen LogP contribution in [0.15, 0.2) is 77.3 Å². The summed E-state index contributed by atoms with van der Waals surface area (Å²) in [5.74, 6) is 1.85. The van der Waals surface area contributed by atoms with Crippen molar-refractivity contribution in [1.29, 1.82) is 0 Å². The zero-order valence-electron chi connectivity index (χ0n) is 16.2. The highest BCUT2D eigenvalue weighted by molar-refractivity contribution is 9.10. The number of anilines is 1. The van der Waals surface area contributed by atoms with Crippen LogP contribution in [-0.2, 0) is 0 Å². The van der Waals surface area contributed by atoms with Gasteiger partial charge in [-0.2, -0.15) is 0 Å². The molecule has 0 saturated carbocycles. The molecule has 0 unspecified atom stereocenters. The number of halogens is 1. The van der Waals surface area contributed by atoms with Gasteiger partial charge in [-0.25, -0.2) is 4.98 Å². The average molecular weight is 448 g/mol.